The second kappa shape index (κ2) is 6.57. The smallest absolute Gasteiger partial charge is 0.239 e. The molecule has 4 heteroatoms. The van der Waals surface area contributed by atoms with Gasteiger partial charge < -0.3 is 15.5 Å². The number of hydrogen-bond acceptors (Lipinski definition) is 3. The van der Waals surface area contributed by atoms with Gasteiger partial charge in [0.25, 0.3) is 0 Å². The van der Waals surface area contributed by atoms with Gasteiger partial charge in [-0.25, -0.2) is 0 Å². The number of nitrogens with zero attached hydrogens (tertiary/aromatic N) is 1. The zero-order valence-corrected chi connectivity index (χ0v) is 11.8. The fourth-order valence-corrected chi connectivity index (χ4v) is 2.46. The van der Waals surface area contributed by atoms with E-state index in [4.69, 9.17) is 0 Å². The Bertz CT molecular complexity index is 445. The summed E-state index contributed by atoms with van der Waals surface area (Å²) in [6.07, 6.45) is 1.00. The van der Waals surface area contributed by atoms with E-state index in [9.17, 15) is 4.79 Å². The second-order valence-electron chi connectivity index (χ2n) is 5.03. The lowest BCUT2D eigenvalue weighted by molar-refractivity contribution is -0.119. The van der Waals surface area contributed by atoms with Gasteiger partial charge in [-0.1, -0.05) is 19.1 Å². The van der Waals surface area contributed by atoms with Crippen molar-refractivity contribution in [3.05, 3.63) is 29.3 Å². The summed E-state index contributed by atoms with van der Waals surface area (Å²) in [5, 5.41) is 6.24. The highest BCUT2D eigenvalue weighted by molar-refractivity contribution is 5.82. The van der Waals surface area contributed by atoms with E-state index in [2.05, 4.69) is 47.6 Å². The molecule has 1 aromatic carbocycles. The molecule has 19 heavy (non-hydrogen) atoms. The number of hydrogen-bond donors (Lipinski definition) is 2. The number of aryl methyl sites for hydroxylation is 1. The van der Waals surface area contributed by atoms with Crippen LogP contribution in [0.25, 0.3) is 0 Å². The Morgan fingerprint density at radius 3 is 3.00 bits per heavy atom. The van der Waals surface area contributed by atoms with E-state index in [0.717, 1.165) is 32.6 Å². The summed E-state index contributed by atoms with van der Waals surface area (Å²) in [5.74, 6) is 0.119. The molecule has 1 amide bonds. The summed E-state index contributed by atoms with van der Waals surface area (Å²) < 4.78 is 0. The number of carbonyl (C=O) groups is 1. The van der Waals surface area contributed by atoms with Gasteiger partial charge in [-0.3, -0.25) is 4.79 Å². The highest BCUT2D eigenvalue weighted by atomic mass is 16.2. The number of amides is 1. The van der Waals surface area contributed by atoms with Crippen LogP contribution in [0.1, 0.15) is 24.5 Å². The zero-order valence-electron chi connectivity index (χ0n) is 11.8. The first-order valence-electron chi connectivity index (χ1n) is 7.02. The topological polar surface area (TPSA) is 44.4 Å². The summed E-state index contributed by atoms with van der Waals surface area (Å²) >= 11 is 0. The Labute approximate surface area is 115 Å². The fraction of sp³-hybridized carbons (Fsp3) is 0.533. The first-order chi connectivity index (χ1) is 9.20. The van der Waals surface area contributed by atoms with Crippen LogP contribution in [-0.2, 0) is 11.3 Å². The van der Waals surface area contributed by atoms with Crippen LogP contribution in [-0.4, -0.2) is 32.1 Å². The number of anilines is 1. The van der Waals surface area contributed by atoms with Crippen LogP contribution in [0.15, 0.2) is 18.2 Å². The lowest BCUT2D eigenvalue weighted by Crippen LogP contribution is -2.33. The first kappa shape index (κ1) is 13.9. The minimum atomic E-state index is 0.119. The number of rotatable bonds is 4. The first-order valence-corrected chi connectivity index (χ1v) is 7.02. The molecular formula is C15H23N3O. The molecule has 4 nitrogen and oxygen atoms in total. The molecule has 1 fully saturated rings. The maximum Gasteiger partial charge on any atom is 0.239 e. The Morgan fingerprint density at radius 1 is 1.42 bits per heavy atom. The number of carbonyl (C=O) groups excluding carboxylic acids is 1. The maximum atomic E-state index is 11.6. The third-order valence-corrected chi connectivity index (χ3v) is 3.44. The predicted molar refractivity (Wildman–Crippen MR) is 78.4 cm³/mol. The summed E-state index contributed by atoms with van der Waals surface area (Å²) in [6.45, 7) is 8.29. The van der Waals surface area contributed by atoms with Crippen molar-refractivity contribution in [1.29, 1.82) is 0 Å². The number of benzene rings is 1. The quantitative estimate of drug-likeness (QED) is 0.862. The summed E-state index contributed by atoms with van der Waals surface area (Å²) in [7, 11) is 0. The predicted octanol–water partition coefficient (Wildman–Crippen LogP) is 1.43. The molecule has 0 saturated carbocycles. The van der Waals surface area contributed by atoms with Gasteiger partial charge in [-0.15, -0.1) is 0 Å². The van der Waals surface area contributed by atoms with Crippen LogP contribution in [0.5, 0.6) is 0 Å². The third-order valence-electron chi connectivity index (χ3n) is 3.44. The Kier molecular flexibility index (Phi) is 4.80. The van der Waals surface area contributed by atoms with E-state index in [1.807, 2.05) is 0 Å². The van der Waals surface area contributed by atoms with Gasteiger partial charge in [-0.05, 0) is 37.1 Å². The van der Waals surface area contributed by atoms with Crippen LogP contribution >= 0.6 is 0 Å². The zero-order chi connectivity index (χ0) is 13.7. The lowest BCUT2D eigenvalue weighted by Gasteiger charge is -2.23. The summed E-state index contributed by atoms with van der Waals surface area (Å²) in [4.78, 5) is 13.8. The average molecular weight is 261 g/mol. The van der Waals surface area contributed by atoms with Gasteiger partial charge in [-0.2, -0.15) is 0 Å². The van der Waals surface area contributed by atoms with Crippen LogP contribution in [0.3, 0.4) is 0 Å². The molecule has 0 radical (unpaired) electrons. The Balaban J connectivity index is 2.12. The van der Waals surface area contributed by atoms with E-state index in [1.54, 1.807) is 0 Å². The average Bonchev–Trinajstić information content (AvgIpc) is 2.61. The van der Waals surface area contributed by atoms with E-state index < -0.39 is 0 Å². The van der Waals surface area contributed by atoms with Gasteiger partial charge >= 0.3 is 0 Å². The number of nitrogens with one attached hydrogen (secondary N) is 2. The van der Waals surface area contributed by atoms with Gasteiger partial charge in [0.1, 0.15) is 0 Å². The monoisotopic (exact) mass is 261 g/mol. The molecule has 1 aliphatic rings. The molecule has 1 heterocycles. The van der Waals surface area contributed by atoms with Gasteiger partial charge in [0.2, 0.25) is 5.91 Å². The molecule has 1 aliphatic heterocycles. The molecule has 2 rings (SSSR count). The van der Waals surface area contributed by atoms with Crippen molar-refractivity contribution in [1.82, 2.24) is 10.6 Å². The van der Waals surface area contributed by atoms with E-state index in [1.165, 1.54) is 16.8 Å². The molecule has 1 saturated heterocycles. The second-order valence-corrected chi connectivity index (χ2v) is 5.03. The largest absolute Gasteiger partial charge is 0.362 e. The van der Waals surface area contributed by atoms with Crippen LogP contribution in [0, 0.1) is 6.92 Å². The normalized spacial score (nSPS) is 16.1. The van der Waals surface area contributed by atoms with E-state index in [-0.39, 0.29) is 5.91 Å². The molecule has 0 spiro atoms. The summed E-state index contributed by atoms with van der Waals surface area (Å²) in [6, 6.07) is 6.50. The van der Waals surface area contributed by atoms with Crippen molar-refractivity contribution in [2.75, 3.05) is 31.1 Å². The molecule has 0 aliphatic carbocycles. The Morgan fingerprint density at radius 2 is 2.26 bits per heavy atom. The van der Waals surface area contributed by atoms with Gasteiger partial charge in [0.05, 0.1) is 6.54 Å². The molecule has 0 bridgehead atoms. The lowest BCUT2D eigenvalue weighted by atomic mass is 10.1. The minimum absolute atomic E-state index is 0.119. The van der Waals surface area contributed by atoms with Gasteiger partial charge in [0, 0.05) is 25.3 Å². The molecule has 1 aromatic rings. The van der Waals surface area contributed by atoms with E-state index >= 15 is 0 Å². The Hall–Kier alpha value is -1.55. The van der Waals surface area contributed by atoms with Crippen molar-refractivity contribution in [3.63, 3.8) is 0 Å². The fourth-order valence-electron chi connectivity index (χ4n) is 2.46. The van der Waals surface area contributed by atoms with Gasteiger partial charge in [0.15, 0.2) is 0 Å². The highest BCUT2D eigenvalue weighted by Crippen LogP contribution is 2.22. The van der Waals surface area contributed by atoms with Crippen LogP contribution < -0.4 is 15.5 Å². The van der Waals surface area contributed by atoms with Crippen LogP contribution in [0.4, 0.5) is 5.69 Å². The molecular weight excluding hydrogens is 238 g/mol. The molecule has 2 N–H and O–H groups in total. The minimum Gasteiger partial charge on any atom is -0.362 e. The summed E-state index contributed by atoms with van der Waals surface area (Å²) in [5.41, 5.74) is 3.71. The highest BCUT2D eigenvalue weighted by Gasteiger charge is 2.16. The SMILES string of the molecule is CCNCc1ccc(N2CCCNC(=O)C2)c(C)c1. The molecule has 0 aromatic heterocycles. The molecule has 0 unspecified atom stereocenters. The van der Waals surface area contributed by atoms with Crippen molar-refractivity contribution in [2.24, 2.45) is 0 Å². The van der Waals surface area contributed by atoms with Crippen molar-refractivity contribution in [2.45, 2.75) is 26.8 Å². The van der Waals surface area contributed by atoms with Crippen molar-refractivity contribution in [3.8, 4) is 0 Å². The van der Waals surface area contributed by atoms with Crippen LogP contribution in [0.2, 0.25) is 0 Å². The van der Waals surface area contributed by atoms with E-state index in [0.29, 0.717) is 6.54 Å². The third kappa shape index (κ3) is 3.70. The van der Waals surface area contributed by atoms with Crippen molar-refractivity contribution >= 4 is 11.6 Å². The maximum absolute atomic E-state index is 11.6. The molecule has 104 valence electrons. The molecule has 0 atom stereocenters. The van der Waals surface area contributed by atoms with Crippen molar-refractivity contribution < 1.29 is 4.79 Å². The standard InChI is InChI=1S/C15H23N3O/c1-3-16-10-13-5-6-14(12(2)9-13)18-8-4-7-17-15(19)11-18/h5-6,9,16H,3-4,7-8,10-11H2,1-2H3,(H,17,19).